The number of benzene rings is 6. The summed E-state index contributed by atoms with van der Waals surface area (Å²) in [6, 6.07) is 55.6. The summed E-state index contributed by atoms with van der Waals surface area (Å²) in [5.41, 5.74) is 14.3. The van der Waals surface area contributed by atoms with Crippen molar-refractivity contribution in [3.8, 4) is 22.3 Å². The fourth-order valence-electron chi connectivity index (χ4n) is 6.32. The van der Waals surface area contributed by atoms with Gasteiger partial charge in [-0.2, -0.15) is 0 Å². The van der Waals surface area contributed by atoms with Gasteiger partial charge < -0.3 is 10.6 Å². The maximum atomic E-state index is 7.57. The molecule has 0 saturated heterocycles. The van der Waals surface area contributed by atoms with Gasteiger partial charge in [-0.15, -0.1) is 0 Å². The van der Waals surface area contributed by atoms with Gasteiger partial charge in [0.25, 0.3) is 0 Å². The molecule has 6 aromatic carbocycles. The Morgan fingerprint density at radius 1 is 0.562 bits per heavy atom. The van der Waals surface area contributed by atoms with Crippen LogP contribution in [0.25, 0.3) is 32.3 Å². The Balaban J connectivity index is 0.000000193. The van der Waals surface area contributed by atoms with Crippen molar-refractivity contribution in [2.45, 2.75) is 16.1 Å². The predicted octanol–water partition coefficient (Wildman–Crippen LogP) is 9.25. The van der Waals surface area contributed by atoms with Gasteiger partial charge in [-0.1, -0.05) is 190 Å². The van der Waals surface area contributed by atoms with Crippen LogP contribution in [0.1, 0.15) is 45.1 Å². The van der Waals surface area contributed by atoms with E-state index < -0.39 is 0 Å². The molecule has 0 aliphatic heterocycles. The molecule has 0 heterocycles. The number of halogens is 3. The maximum absolute atomic E-state index is 7.57. The second-order valence-electron chi connectivity index (χ2n) is 11.0. The summed E-state index contributed by atoms with van der Waals surface area (Å²) in [7, 11) is 0. The Morgan fingerprint density at radius 3 is 1.33 bits per heavy atom. The molecule has 2 aliphatic rings. The van der Waals surface area contributed by atoms with Gasteiger partial charge in [0.2, 0.25) is 0 Å². The fourth-order valence-corrected chi connectivity index (χ4v) is 8.77. The smallest absolute Gasteiger partial charge is 0.870 e. The van der Waals surface area contributed by atoms with Crippen molar-refractivity contribution in [3.63, 3.8) is 0 Å². The van der Waals surface area contributed by atoms with Crippen LogP contribution in [0.15, 0.2) is 158 Å². The number of alkyl halides is 2. The van der Waals surface area contributed by atoms with E-state index in [0.29, 0.717) is 0 Å². The molecule has 0 bridgehead atoms. The van der Waals surface area contributed by atoms with Gasteiger partial charge in [0.15, 0.2) is 0 Å². The van der Waals surface area contributed by atoms with Crippen LogP contribution in [0.4, 0.5) is 0 Å². The van der Waals surface area contributed by atoms with Crippen LogP contribution >= 0.6 is 47.8 Å². The van der Waals surface area contributed by atoms with Crippen molar-refractivity contribution in [2.24, 2.45) is 0 Å². The molecule has 2 aliphatic carbocycles. The molecule has 0 amide bonds. The molecule has 48 heavy (non-hydrogen) atoms. The molecule has 0 aromatic heterocycles. The molecule has 2 N–H and O–H groups in total. The third kappa shape index (κ3) is 7.31. The zero-order valence-corrected chi connectivity index (χ0v) is 33.6. The van der Waals surface area contributed by atoms with Gasteiger partial charge in [0.05, 0.1) is 9.15 Å². The molecule has 1 atom stereocenters. The molecule has 1 unspecified atom stereocenters. The largest absolute Gasteiger partial charge is 1.00 e. The Bertz CT molecular complexity index is 1900. The minimum atomic E-state index is -0.248. The average Bonchev–Trinajstić information content (AvgIpc) is 3.59. The molecule has 0 saturated carbocycles. The number of aliphatic hydroxyl groups is 1. The maximum Gasteiger partial charge on any atom is 1.00 e. The Kier molecular flexibility index (Phi) is 13.8. The normalized spacial score (nSPS) is 12.9. The fraction of sp³-hybridized carbons (Fsp3) is 0.0952. The van der Waals surface area contributed by atoms with Gasteiger partial charge in [0, 0.05) is 16.7 Å². The standard InChI is InChI=1S/C20H14Br2.C20H13Br.C2H6O.Na.H2O/c21-19(14-8-2-1-3-9-14)20(22)17-12-6-4-10-15(17)16-11-5-7-13-18(16)20;21-20(14-8-2-1-3-9-14)19-17-12-6-4-10-15(17)16-11-5-7-13-18(16)19;1-2-3;;/h1-13,19H;1-13H;3H,2H2,1H3;;1H2/q;;;+1;/p-1. The first-order valence-corrected chi connectivity index (χ1v) is 17.8. The second kappa shape index (κ2) is 17.4. The monoisotopic (exact) mass is 830 g/mol. The van der Waals surface area contributed by atoms with Crippen molar-refractivity contribution >= 4 is 57.8 Å². The van der Waals surface area contributed by atoms with E-state index in [1.165, 1.54) is 61.2 Å². The number of hydrogen-bond donors (Lipinski definition) is 1. The summed E-state index contributed by atoms with van der Waals surface area (Å²) >= 11 is 11.9. The van der Waals surface area contributed by atoms with E-state index in [2.05, 4.69) is 199 Å². The number of aliphatic hydroxyl groups excluding tert-OH is 1. The predicted molar refractivity (Wildman–Crippen MR) is 208 cm³/mol. The first-order valence-electron chi connectivity index (χ1n) is 15.3. The minimum absolute atomic E-state index is 0. The van der Waals surface area contributed by atoms with Crippen LogP contribution in [0, 0.1) is 0 Å². The van der Waals surface area contributed by atoms with Gasteiger partial charge in [-0.3, -0.25) is 0 Å². The van der Waals surface area contributed by atoms with Crippen molar-refractivity contribution < 1.29 is 40.1 Å². The Labute approximate surface area is 331 Å². The molecule has 6 heteroatoms. The van der Waals surface area contributed by atoms with Crippen molar-refractivity contribution in [1.82, 2.24) is 0 Å². The van der Waals surface area contributed by atoms with Crippen LogP contribution in [0.3, 0.4) is 0 Å². The topological polar surface area (TPSA) is 50.2 Å². The van der Waals surface area contributed by atoms with Crippen LogP contribution in [-0.4, -0.2) is 17.2 Å². The van der Waals surface area contributed by atoms with Crippen LogP contribution < -0.4 is 29.6 Å². The van der Waals surface area contributed by atoms with Crippen molar-refractivity contribution in [3.05, 3.63) is 191 Å². The molecular formula is C42H34Br3NaO2. The molecule has 8 rings (SSSR count). The van der Waals surface area contributed by atoms with Gasteiger partial charge in [0.1, 0.15) is 0 Å². The molecule has 236 valence electrons. The third-order valence-corrected chi connectivity index (χ3v) is 12.3. The third-order valence-electron chi connectivity index (χ3n) is 8.30. The molecule has 2 nitrogen and oxygen atoms in total. The summed E-state index contributed by atoms with van der Waals surface area (Å²) < 4.78 is 0.905. The summed E-state index contributed by atoms with van der Waals surface area (Å²) in [5, 5.41) is 7.57. The first kappa shape index (κ1) is 38.2. The van der Waals surface area contributed by atoms with E-state index in [0.717, 1.165) is 4.48 Å². The molecule has 0 spiro atoms. The van der Waals surface area contributed by atoms with E-state index in [9.17, 15) is 0 Å². The molecule has 6 aromatic rings. The van der Waals surface area contributed by atoms with Gasteiger partial charge in [-0.25, -0.2) is 0 Å². The second-order valence-corrected chi connectivity index (χ2v) is 14.0. The quantitative estimate of drug-likeness (QED) is 0.143. The van der Waals surface area contributed by atoms with E-state index in [4.69, 9.17) is 5.11 Å². The van der Waals surface area contributed by atoms with Crippen LogP contribution in [0.2, 0.25) is 0 Å². The summed E-state index contributed by atoms with van der Waals surface area (Å²) in [5.74, 6) is 0. The summed E-state index contributed by atoms with van der Waals surface area (Å²) in [6.45, 7) is 1.93. The Hall–Kier alpha value is -2.58. The average molecular weight is 833 g/mol. The molecule has 0 fully saturated rings. The SMILES string of the molecule is BrC(=C1c2ccccc2-c2ccccc21)c1ccccc1.BrC(c1ccccc1)C1(Br)c2ccccc2-c2ccccc21.CCO.[Na+].[OH-]. The Morgan fingerprint density at radius 2 is 0.896 bits per heavy atom. The van der Waals surface area contributed by atoms with Crippen LogP contribution in [0.5, 0.6) is 0 Å². The van der Waals surface area contributed by atoms with E-state index in [-0.39, 0.29) is 50.8 Å². The van der Waals surface area contributed by atoms with E-state index in [1.807, 2.05) is 6.07 Å². The number of rotatable bonds is 3. The summed E-state index contributed by atoms with van der Waals surface area (Å²) in [6.07, 6.45) is 0. The van der Waals surface area contributed by atoms with E-state index in [1.54, 1.807) is 6.92 Å². The van der Waals surface area contributed by atoms with Crippen molar-refractivity contribution in [2.75, 3.05) is 6.61 Å². The van der Waals surface area contributed by atoms with Gasteiger partial charge in [-0.05, 0) is 78.5 Å². The first-order chi connectivity index (χ1) is 22.5. The van der Waals surface area contributed by atoms with E-state index >= 15 is 0 Å². The molecule has 0 radical (unpaired) electrons. The minimum Gasteiger partial charge on any atom is -0.870 e. The zero-order chi connectivity index (χ0) is 32.1. The zero-order valence-electron chi connectivity index (χ0n) is 26.8. The summed E-state index contributed by atoms with van der Waals surface area (Å²) in [4.78, 5) is 0.158. The molecular weight excluding hydrogens is 799 g/mol. The number of fused-ring (bicyclic) bond motifs is 6. The van der Waals surface area contributed by atoms with Gasteiger partial charge >= 0.3 is 29.6 Å². The number of hydrogen-bond acceptors (Lipinski definition) is 2. The van der Waals surface area contributed by atoms with Crippen molar-refractivity contribution in [1.29, 1.82) is 0 Å². The van der Waals surface area contributed by atoms with Crippen LogP contribution in [-0.2, 0) is 4.32 Å².